The summed E-state index contributed by atoms with van der Waals surface area (Å²) in [5.41, 5.74) is 4.14. The minimum absolute atomic E-state index is 0.689. The highest BCUT2D eigenvalue weighted by molar-refractivity contribution is 5.83. The smallest absolute Gasteiger partial charge is 0.144 e. The quantitative estimate of drug-likeness (QED) is 0.493. The lowest BCUT2D eigenvalue weighted by atomic mass is 10.1. The Morgan fingerprint density at radius 2 is 1.83 bits per heavy atom. The van der Waals surface area contributed by atoms with Crippen LogP contribution in [0.15, 0.2) is 73.3 Å². The second-order valence-corrected chi connectivity index (χ2v) is 7.36. The SMILES string of the molecule is c1cncc(-n2ccc3cc(-c4ccc(OCCN5CCOCC5)cc4)cnc32)c1. The fraction of sp³-hybridized carbons (Fsp3) is 0.250. The van der Waals surface area contributed by atoms with E-state index in [1.54, 1.807) is 6.20 Å². The van der Waals surface area contributed by atoms with Crippen molar-refractivity contribution in [2.45, 2.75) is 0 Å². The van der Waals surface area contributed by atoms with Crippen molar-refractivity contribution in [1.82, 2.24) is 19.4 Å². The largest absolute Gasteiger partial charge is 0.492 e. The predicted molar refractivity (Wildman–Crippen MR) is 117 cm³/mol. The molecule has 1 aromatic carbocycles. The molecule has 0 saturated carbocycles. The molecule has 5 rings (SSSR count). The Labute approximate surface area is 175 Å². The monoisotopic (exact) mass is 400 g/mol. The van der Waals surface area contributed by atoms with Gasteiger partial charge in [0.1, 0.15) is 18.0 Å². The average Bonchev–Trinajstić information content (AvgIpc) is 3.24. The van der Waals surface area contributed by atoms with Gasteiger partial charge >= 0.3 is 0 Å². The molecule has 3 aromatic heterocycles. The van der Waals surface area contributed by atoms with Crippen molar-refractivity contribution in [1.29, 1.82) is 0 Å². The van der Waals surface area contributed by atoms with E-state index < -0.39 is 0 Å². The summed E-state index contributed by atoms with van der Waals surface area (Å²) in [7, 11) is 0. The Morgan fingerprint density at radius 3 is 2.63 bits per heavy atom. The van der Waals surface area contributed by atoms with Gasteiger partial charge in [0.25, 0.3) is 0 Å². The number of fused-ring (bicyclic) bond motifs is 1. The average molecular weight is 400 g/mol. The first kappa shape index (κ1) is 18.8. The standard InChI is InChI=1S/C24H24N4O2/c1-2-22(18-25-8-1)28-9-7-20-16-21(17-26-24(20)28)19-3-5-23(6-4-19)30-15-12-27-10-13-29-14-11-27/h1-9,16-18H,10-15H2. The van der Waals surface area contributed by atoms with E-state index in [4.69, 9.17) is 14.5 Å². The highest BCUT2D eigenvalue weighted by Gasteiger charge is 2.10. The van der Waals surface area contributed by atoms with Gasteiger partial charge in [0.05, 0.1) is 25.1 Å². The minimum Gasteiger partial charge on any atom is -0.492 e. The summed E-state index contributed by atoms with van der Waals surface area (Å²) in [6.45, 7) is 5.23. The van der Waals surface area contributed by atoms with Gasteiger partial charge in [0.2, 0.25) is 0 Å². The minimum atomic E-state index is 0.689. The Balaban J connectivity index is 1.27. The lowest BCUT2D eigenvalue weighted by Gasteiger charge is -2.26. The van der Waals surface area contributed by atoms with Gasteiger partial charge in [-0.2, -0.15) is 0 Å². The molecule has 1 saturated heterocycles. The van der Waals surface area contributed by atoms with Crippen molar-refractivity contribution in [2.24, 2.45) is 0 Å². The van der Waals surface area contributed by atoms with Crippen LogP contribution < -0.4 is 4.74 Å². The second-order valence-electron chi connectivity index (χ2n) is 7.36. The van der Waals surface area contributed by atoms with Crippen LogP contribution in [-0.2, 0) is 4.74 Å². The number of nitrogens with zero attached hydrogens (tertiary/aromatic N) is 4. The third-order valence-corrected chi connectivity index (χ3v) is 5.42. The number of benzene rings is 1. The van der Waals surface area contributed by atoms with Crippen molar-refractivity contribution >= 4 is 11.0 Å². The predicted octanol–water partition coefficient (Wildman–Crippen LogP) is 3.80. The molecule has 152 valence electrons. The molecule has 1 fully saturated rings. The number of hydrogen-bond donors (Lipinski definition) is 0. The third kappa shape index (κ3) is 4.06. The van der Waals surface area contributed by atoms with E-state index in [-0.39, 0.29) is 0 Å². The van der Waals surface area contributed by atoms with Crippen molar-refractivity contribution in [3.63, 3.8) is 0 Å². The normalized spacial score (nSPS) is 14.8. The number of morpholine rings is 1. The molecule has 0 radical (unpaired) electrons. The maximum atomic E-state index is 5.91. The Morgan fingerprint density at radius 1 is 0.967 bits per heavy atom. The van der Waals surface area contributed by atoms with Crippen LogP contribution in [0.1, 0.15) is 0 Å². The molecule has 6 nitrogen and oxygen atoms in total. The van der Waals surface area contributed by atoms with E-state index in [0.717, 1.165) is 66.4 Å². The van der Waals surface area contributed by atoms with Gasteiger partial charge in [-0.25, -0.2) is 4.98 Å². The van der Waals surface area contributed by atoms with E-state index in [1.807, 2.05) is 42.9 Å². The molecule has 0 amide bonds. The molecular formula is C24H24N4O2. The molecule has 4 aromatic rings. The Kier molecular flexibility index (Phi) is 5.42. The van der Waals surface area contributed by atoms with Crippen LogP contribution in [0.3, 0.4) is 0 Å². The summed E-state index contributed by atoms with van der Waals surface area (Å²) in [6, 6.07) is 16.4. The molecule has 0 aliphatic carbocycles. The maximum absolute atomic E-state index is 5.91. The van der Waals surface area contributed by atoms with Crippen LogP contribution in [-0.4, -0.2) is 58.9 Å². The first-order chi connectivity index (χ1) is 14.9. The van der Waals surface area contributed by atoms with Gasteiger partial charge in [0, 0.05) is 49.2 Å². The first-order valence-electron chi connectivity index (χ1n) is 10.3. The van der Waals surface area contributed by atoms with Gasteiger partial charge in [0.15, 0.2) is 0 Å². The number of pyridine rings is 2. The fourth-order valence-electron chi connectivity index (χ4n) is 3.75. The van der Waals surface area contributed by atoms with Crippen molar-refractivity contribution in [2.75, 3.05) is 39.5 Å². The van der Waals surface area contributed by atoms with Crippen molar-refractivity contribution in [3.05, 3.63) is 73.3 Å². The van der Waals surface area contributed by atoms with Crippen molar-refractivity contribution < 1.29 is 9.47 Å². The zero-order valence-corrected chi connectivity index (χ0v) is 16.8. The van der Waals surface area contributed by atoms with Crippen molar-refractivity contribution in [3.8, 4) is 22.6 Å². The lowest BCUT2D eigenvalue weighted by molar-refractivity contribution is 0.0322. The summed E-state index contributed by atoms with van der Waals surface area (Å²) < 4.78 is 13.3. The van der Waals surface area contributed by atoms with E-state index in [9.17, 15) is 0 Å². The van der Waals surface area contributed by atoms with E-state index in [1.165, 1.54) is 0 Å². The van der Waals surface area contributed by atoms with Gasteiger partial charge in [-0.1, -0.05) is 12.1 Å². The number of rotatable bonds is 6. The van der Waals surface area contributed by atoms with Gasteiger partial charge in [-0.15, -0.1) is 0 Å². The second kappa shape index (κ2) is 8.65. The van der Waals surface area contributed by atoms with Crippen LogP contribution in [0.5, 0.6) is 5.75 Å². The molecule has 0 atom stereocenters. The van der Waals surface area contributed by atoms with Crippen LogP contribution in [0.4, 0.5) is 0 Å². The zero-order valence-electron chi connectivity index (χ0n) is 16.8. The molecule has 0 unspecified atom stereocenters. The van der Waals surface area contributed by atoms with Crippen LogP contribution in [0.2, 0.25) is 0 Å². The topological polar surface area (TPSA) is 52.4 Å². The maximum Gasteiger partial charge on any atom is 0.144 e. The highest BCUT2D eigenvalue weighted by Crippen LogP contribution is 2.26. The number of ether oxygens (including phenoxy) is 2. The van der Waals surface area contributed by atoms with E-state index in [0.29, 0.717) is 6.61 Å². The summed E-state index contributed by atoms with van der Waals surface area (Å²) >= 11 is 0. The summed E-state index contributed by atoms with van der Waals surface area (Å²) in [6.07, 6.45) is 7.57. The number of hydrogen-bond acceptors (Lipinski definition) is 5. The van der Waals surface area contributed by atoms with Gasteiger partial charge < -0.3 is 9.47 Å². The fourth-order valence-corrected chi connectivity index (χ4v) is 3.75. The van der Waals surface area contributed by atoms with Gasteiger partial charge in [-0.05, 0) is 42.0 Å². The molecular weight excluding hydrogens is 376 g/mol. The van der Waals surface area contributed by atoms with Gasteiger partial charge in [-0.3, -0.25) is 14.5 Å². The zero-order chi connectivity index (χ0) is 20.2. The molecule has 1 aliphatic rings. The third-order valence-electron chi connectivity index (χ3n) is 5.42. The van der Waals surface area contributed by atoms with Crippen LogP contribution >= 0.6 is 0 Å². The molecule has 1 aliphatic heterocycles. The summed E-state index contributed by atoms with van der Waals surface area (Å²) in [5.74, 6) is 0.892. The molecule has 0 bridgehead atoms. The van der Waals surface area contributed by atoms with E-state index >= 15 is 0 Å². The molecule has 0 N–H and O–H groups in total. The van der Waals surface area contributed by atoms with Crippen LogP contribution in [0.25, 0.3) is 27.8 Å². The van der Waals surface area contributed by atoms with Crippen LogP contribution in [0, 0.1) is 0 Å². The Bertz CT molecular complexity index is 1100. The van der Waals surface area contributed by atoms with E-state index in [2.05, 4.69) is 38.7 Å². The number of aromatic nitrogens is 3. The molecule has 30 heavy (non-hydrogen) atoms. The summed E-state index contributed by atoms with van der Waals surface area (Å²) in [4.78, 5) is 11.3. The lowest BCUT2D eigenvalue weighted by Crippen LogP contribution is -2.38. The molecule has 4 heterocycles. The highest BCUT2D eigenvalue weighted by atomic mass is 16.5. The molecule has 0 spiro atoms. The summed E-state index contributed by atoms with van der Waals surface area (Å²) in [5, 5.41) is 1.10. The Hall–Kier alpha value is -3.22. The first-order valence-corrected chi connectivity index (χ1v) is 10.3. The molecule has 6 heteroatoms.